The first-order valence-corrected chi connectivity index (χ1v) is 4.73. The van der Waals surface area contributed by atoms with E-state index in [9.17, 15) is 4.79 Å². The van der Waals surface area contributed by atoms with E-state index < -0.39 is 6.09 Å². The van der Waals surface area contributed by atoms with Crippen LogP contribution in [0.3, 0.4) is 0 Å². The van der Waals surface area contributed by atoms with Gasteiger partial charge in [0.1, 0.15) is 5.75 Å². The smallest absolute Gasteiger partial charge is 0.409 e. The lowest BCUT2D eigenvalue weighted by Gasteiger charge is -2.03. The summed E-state index contributed by atoms with van der Waals surface area (Å²) in [7, 11) is 0. The maximum Gasteiger partial charge on any atom is 0.409 e. The summed E-state index contributed by atoms with van der Waals surface area (Å²) in [6.07, 6.45) is 2.64. The molecule has 0 radical (unpaired) electrons. The Labute approximate surface area is 92.7 Å². The van der Waals surface area contributed by atoms with E-state index in [4.69, 9.17) is 10.5 Å². The summed E-state index contributed by atoms with van der Waals surface area (Å²) in [5.74, 6) is 0.435. The number of nitrogens with zero attached hydrogens (tertiary/aromatic N) is 1. The van der Waals surface area contributed by atoms with Crippen LogP contribution in [0.1, 0.15) is 0 Å². The molecule has 0 aliphatic heterocycles. The Bertz CT molecular complexity index is 480. The van der Waals surface area contributed by atoms with Crippen LogP contribution in [0.25, 0.3) is 11.1 Å². The van der Waals surface area contributed by atoms with E-state index in [2.05, 4.69) is 4.98 Å². The van der Waals surface area contributed by atoms with Gasteiger partial charge in [0.15, 0.2) is 0 Å². The molecule has 0 unspecified atom stereocenters. The number of rotatable bonds is 2. The fraction of sp³-hybridized carbons (Fsp3) is 0. The van der Waals surface area contributed by atoms with Crippen LogP contribution in [0, 0.1) is 0 Å². The van der Waals surface area contributed by atoms with Crippen LogP contribution in [0.2, 0.25) is 0 Å². The second kappa shape index (κ2) is 4.44. The quantitative estimate of drug-likeness (QED) is 0.833. The van der Waals surface area contributed by atoms with Crippen LogP contribution in [-0.4, -0.2) is 11.1 Å². The Morgan fingerprint density at radius 1 is 1.00 bits per heavy atom. The first-order valence-electron chi connectivity index (χ1n) is 4.73. The van der Waals surface area contributed by atoms with Crippen LogP contribution in [0.5, 0.6) is 5.75 Å². The number of benzene rings is 1. The highest BCUT2D eigenvalue weighted by Crippen LogP contribution is 2.21. The Morgan fingerprint density at radius 2 is 1.56 bits per heavy atom. The molecule has 0 bridgehead atoms. The molecule has 0 atom stereocenters. The molecule has 16 heavy (non-hydrogen) atoms. The summed E-state index contributed by atoms with van der Waals surface area (Å²) in [4.78, 5) is 14.5. The van der Waals surface area contributed by atoms with Crippen LogP contribution in [-0.2, 0) is 0 Å². The largest absolute Gasteiger partial charge is 0.411 e. The van der Waals surface area contributed by atoms with Gasteiger partial charge in [0.2, 0.25) is 0 Å². The van der Waals surface area contributed by atoms with Crippen molar-refractivity contribution in [2.75, 3.05) is 0 Å². The maximum absolute atomic E-state index is 10.5. The highest BCUT2D eigenvalue weighted by atomic mass is 16.5. The number of pyridine rings is 1. The molecule has 0 saturated carbocycles. The molecule has 1 amide bonds. The molecule has 1 aromatic carbocycles. The van der Waals surface area contributed by atoms with Crippen molar-refractivity contribution in [1.82, 2.24) is 4.98 Å². The summed E-state index contributed by atoms with van der Waals surface area (Å²) in [6, 6.07) is 10.9. The SMILES string of the molecule is NC(=O)Oc1ccc(-c2ccncc2)cc1. The number of amides is 1. The molecule has 2 rings (SSSR count). The van der Waals surface area contributed by atoms with Crippen molar-refractivity contribution in [2.24, 2.45) is 5.73 Å². The van der Waals surface area contributed by atoms with Gasteiger partial charge in [0.25, 0.3) is 0 Å². The molecule has 0 aliphatic rings. The summed E-state index contributed by atoms with van der Waals surface area (Å²) in [5.41, 5.74) is 6.99. The number of carbonyl (C=O) groups excluding carboxylic acids is 1. The lowest BCUT2D eigenvalue weighted by Crippen LogP contribution is -2.16. The molecule has 2 aromatic rings. The molecule has 0 saturated heterocycles. The minimum Gasteiger partial charge on any atom is -0.411 e. The summed E-state index contributed by atoms with van der Waals surface area (Å²) in [6.45, 7) is 0. The Kier molecular flexibility index (Phi) is 2.82. The van der Waals surface area contributed by atoms with E-state index >= 15 is 0 Å². The van der Waals surface area contributed by atoms with Crippen molar-refractivity contribution in [2.45, 2.75) is 0 Å². The topological polar surface area (TPSA) is 65.2 Å². The first-order chi connectivity index (χ1) is 7.75. The highest BCUT2D eigenvalue weighted by Gasteiger charge is 2.00. The lowest BCUT2D eigenvalue weighted by molar-refractivity contribution is 0.211. The Morgan fingerprint density at radius 3 is 2.12 bits per heavy atom. The Hall–Kier alpha value is -2.36. The molecule has 0 fully saturated rings. The number of carbonyl (C=O) groups is 1. The summed E-state index contributed by atoms with van der Waals surface area (Å²) >= 11 is 0. The molecule has 1 heterocycles. The fourth-order valence-electron chi connectivity index (χ4n) is 1.38. The van der Waals surface area contributed by atoms with Crippen molar-refractivity contribution in [3.8, 4) is 16.9 Å². The standard InChI is InChI=1S/C12H10N2O2/c13-12(15)16-11-3-1-9(2-4-11)10-5-7-14-8-6-10/h1-8H,(H2,13,15). The number of aromatic nitrogens is 1. The van der Waals surface area contributed by atoms with Gasteiger partial charge in [-0.3, -0.25) is 4.98 Å². The molecule has 4 nitrogen and oxygen atoms in total. The van der Waals surface area contributed by atoms with Crippen molar-refractivity contribution in [1.29, 1.82) is 0 Å². The minimum atomic E-state index is -0.809. The number of primary amides is 1. The van der Waals surface area contributed by atoms with Crippen LogP contribution >= 0.6 is 0 Å². The number of hydrogen-bond acceptors (Lipinski definition) is 3. The average molecular weight is 214 g/mol. The van der Waals surface area contributed by atoms with E-state index in [1.807, 2.05) is 24.3 Å². The predicted molar refractivity (Wildman–Crippen MR) is 59.9 cm³/mol. The molecule has 0 aliphatic carbocycles. The average Bonchev–Trinajstić information content (AvgIpc) is 2.30. The van der Waals surface area contributed by atoms with Crippen LogP contribution in [0.4, 0.5) is 4.79 Å². The normalized spacial score (nSPS) is 9.75. The molecular weight excluding hydrogens is 204 g/mol. The molecule has 2 N–H and O–H groups in total. The van der Waals surface area contributed by atoms with Crippen molar-refractivity contribution < 1.29 is 9.53 Å². The van der Waals surface area contributed by atoms with Gasteiger partial charge in [0, 0.05) is 12.4 Å². The second-order valence-corrected chi connectivity index (χ2v) is 3.18. The van der Waals surface area contributed by atoms with E-state index in [1.54, 1.807) is 24.5 Å². The molecule has 4 heteroatoms. The zero-order valence-corrected chi connectivity index (χ0v) is 8.46. The summed E-state index contributed by atoms with van der Waals surface area (Å²) in [5, 5.41) is 0. The van der Waals surface area contributed by atoms with Gasteiger partial charge in [-0.2, -0.15) is 0 Å². The number of ether oxygens (including phenoxy) is 1. The van der Waals surface area contributed by atoms with E-state index in [-0.39, 0.29) is 0 Å². The van der Waals surface area contributed by atoms with Gasteiger partial charge in [-0.15, -0.1) is 0 Å². The van der Waals surface area contributed by atoms with Gasteiger partial charge >= 0.3 is 6.09 Å². The molecule has 80 valence electrons. The van der Waals surface area contributed by atoms with Gasteiger partial charge in [0.05, 0.1) is 0 Å². The second-order valence-electron chi connectivity index (χ2n) is 3.18. The lowest BCUT2D eigenvalue weighted by atomic mass is 10.1. The van der Waals surface area contributed by atoms with Crippen molar-refractivity contribution in [3.05, 3.63) is 48.8 Å². The summed E-state index contributed by atoms with van der Waals surface area (Å²) < 4.78 is 4.73. The molecular formula is C12H10N2O2. The first kappa shape index (κ1) is 10.2. The highest BCUT2D eigenvalue weighted by molar-refractivity contribution is 5.69. The molecule has 1 aromatic heterocycles. The predicted octanol–water partition coefficient (Wildman–Crippen LogP) is 2.21. The van der Waals surface area contributed by atoms with E-state index in [1.165, 1.54) is 0 Å². The van der Waals surface area contributed by atoms with E-state index in [0.29, 0.717) is 5.75 Å². The minimum absolute atomic E-state index is 0.435. The van der Waals surface area contributed by atoms with Gasteiger partial charge in [-0.25, -0.2) is 4.79 Å². The third-order valence-corrected chi connectivity index (χ3v) is 2.09. The number of hydrogen-bond donors (Lipinski definition) is 1. The van der Waals surface area contributed by atoms with Gasteiger partial charge in [-0.05, 0) is 35.4 Å². The maximum atomic E-state index is 10.5. The third kappa shape index (κ3) is 2.36. The monoisotopic (exact) mass is 214 g/mol. The van der Waals surface area contributed by atoms with Gasteiger partial charge < -0.3 is 10.5 Å². The number of nitrogens with two attached hydrogens (primary N) is 1. The third-order valence-electron chi connectivity index (χ3n) is 2.09. The van der Waals surface area contributed by atoms with Crippen LogP contribution in [0.15, 0.2) is 48.8 Å². The fourth-order valence-corrected chi connectivity index (χ4v) is 1.38. The molecule has 0 spiro atoms. The zero-order valence-electron chi connectivity index (χ0n) is 8.46. The van der Waals surface area contributed by atoms with Gasteiger partial charge in [-0.1, -0.05) is 12.1 Å². The van der Waals surface area contributed by atoms with Crippen molar-refractivity contribution >= 4 is 6.09 Å². The van der Waals surface area contributed by atoms with Crippen LogP contribution < -0.4 is 10.5 Å². The zero-order chi connectivity index (χ0) is 11.4. The Balaban J connectivity index is 2.23. The van der Waals surface area contributed by atoms with E-state index in [0.717, 1.165) is 11.1 Å². The van der Waals surface area contributed by atoms with Crippen molar-refractivity contribution in [3.63, 3.8) is 0 Å².